The number of nitrogens with zero attached hydrogens (tertiary/aromatic N) is 1. The van der Waals surface area contributed by atoms with Crippen molar-refractivity contribution in [2.45, 2.75) is 6.92 Å². The van der Waals surface area contributed by atoms with E-state index in [0.29, 0.717) is 0 Å². The Kier molecular flexibility index (Phi) is 3.80. The van der Waals surface area contributed by atoms with Crippen molar-refractivity contribution in [3.63, 3.8) is 0 Å². The second kappa shape index (κ2) is 6.85. The highest BCUT2D eigenvalue weighted by Gasteiger charge is 2.13. The lowest BCUT2D eigenvalue weighted by atomic mass is 10.0. The third-order valence-electron chi connectivity index (χ3n) is 6.81. The minimum atomic E-state index is 1.17. The number of aryl methyl sites for hydroxylation is 1. The summed E-state index contributed by atoms with van der Waals surface area (Å²) in [5, 5.41) is 5.10. The average Bonchev–Trinajstić information content (AvgIpc) is 3.39. The van der Waals surface area contributed by atoms with Crippen molar-refractivity contribution in [3.8, 4) is 16.8 Å². The van der Waals surface area contributed by atoms with E-state index in [0.717, 1.165) is 0 Å². The predicted molar refractivity (Wildman–Crippen MR) is 140 cm³/mol. The van der Waals surface area contributed by atoms with Crippen molar-refractivity contribution < 1.29 is 0 Å². The standard InChI is InChI=1S/C31H22N2/c1-20-10-14-23(15-11-20)33-30-9-5-3-7-26(30)27-17-13-22(19-31(27)33)21-12-16-25-24-6-2-4-8-28(24)32-29(25)18-21/h2-19,32H,1H3. The molecular formula is C31H22N2. The number of benzene rings is 5. The Morgan fingerprint density at radius 2 is 1.15 bits per heavy atom. The van der Waals surface area contributed by atoms with Gasteiger partial charge in [0.15, 0.2) is 0 Å². The molecule has 2 heterocycles. The molecule has 7 rings (SSSR count). The highest BCUT2D eigenvalue weighted by Crippen LogP contribution is 2.36. The summed E-state index contributed by atoms with van der Waals surface area (Å²) >= 11 is 0. The molecule has 2 aromatic heterocycles. The zero-order valence-electron chi connectivity index (χ0n) is 18.3. The maximum Gasteiger partial charge on any atom is 0.0547 e. The zero-order valence-corrected chi connectivity index (χ0v) is 18.3. The zero-order chi connectivity index (χ0) is 21.9. The predicted octanol–water partition coefficient (Wildman–Crippen LogP) is 8.39. The SMILES string of the molecule is Cc1ccc(-n2c3ccccc3c3ccc(-c4ccc5c(c4)[nH]c4ccccc45)cc32)cc1. The number of rotatable bonds is 2. The van der Waals surface area contributed by atoms with E-state index in [1.807, 2.05) is 0 Å². The fourth-order valence-electron chi connectivity index (χ4n) is 5.16. The van der Waals surface area contributed by atoms with E-state index < -0.39 is 0 Å². The van der Waals surface area contributed by atoms with Gasteiger partial charge in [-0.3, -0.25) is 0 Å². The molecule has 2 nitrogen and oxygen atoms in total. The van der Waals surface area contributed by atoms with Crippen LogP contribution >= 0.6 is 0 Å². The fraction of sp³-hybridized carbons (Fsp3) is 0.0323. The Hall–Kier alpha value is -4.30. The second-order valence-electron chi connectivity index (χ2n) is 8.85. The molecule has 7 aromatic rings. The summed E-state index contributed by atoms with van der Waals surface area (Å²) in [4.78, 5) is 3.58. The molecule has 0 amide bonds. The van der Waals surface area contributed by atoms with Crippen LogP contribution in [0.5, 0.6) is 0 Å². The lowest BCUT2D eigenvalue weighted by Crippen LogP contribution is -1.93. The molecule has 1 N–H and O–H groups in total. The third-order valence-corrected chi connectivity index (χ3v) is 6.81. The highest BCUT2D eigenvalue weighted by atomic mass is 15.0. The van der Waals surface area contributed by atoms with Gasteiger partial charge < -0.3 is 9.55 Å². The van der Waals surface area contributed by atoms with E-state index in [4.69, 9.17) is 0 Å². The van der Waals surface area contributed by atoms with E-state index >= 15 is 0 Å². The van der Waals surface area contributed by atoms with Crippen molar-refractivity contribution in [1.29, 1.82) is 0 Å². The number of hydrogen-bond donors (Lipinski definition) is 1. The largest absolute Gasteiger partial charge is 0.354 e. The molecule has 0 aliphatic heterocycles. The molecule has 2 heteroatoms. The summed E-state index contributed by atoms with van der Waals surface area (Å²) in [7, 11) is 0. The molecule has 0 saturated carbocycles. The van der Waals surface area contributed by atoms with Crippen LogP contribution in [0.3, 0.4) is 0 Å². The number of hydrogen-bond acceptors (Lipinski definition) is 0. The van der Waals surface area contributed by atoms with Gasteiger partial charge in [0.05, 0.1) is 11.0 Å². The molecule has 0 atom stereocenters. The van der Waals surface area contributed by atoms with Crippen LogP contribution in [0.25, 0.3) is 60.4 Å². The summed E-state index contributed by atoms with van der Waals surface area (Å²) in [6.07, 6.45) is 0. The number of aromatic amines is 1. The van der Waals surface area contributed by atoms with Gasteiger partial charge in [0.25, 0.3) is 0 Å². The van der Waals surface area contributed by atoms with Crippen LogP contribution in [0.15, 0.2) is 109 Å². The first-order chi connectivity index (χ1) is 16.3. The van der Waals surface area contributed by atoms with Crippen molar-refractivity contribution in [3.05, 3.63) is 115 Å². The third kappa shape index (κ3) is 2.74. The maximum absolute atomic E-state index is 3.58. The molecule has 0 fully saturated rings. The van der Waals surface area contributed by atoms with Gasteiger partial charge in [0.1, 0.15) is 0 Å². The number of aromatic nitrogens is 2. The first kappa shape index (κ1) is 18.3. The highest BCUT2D eigenvalue weighted by molar-refractivity contribution is 6.11. The van der Waals surface area contributed by atoms with Crippen LogP contribution in [0, 0.1) is 6.92 Å². The summed E-state index contributed by atoms with van der Waals surface area (Å²) in [6, 6.07) is 39.6. The molecule has 33 heavy (non-hydrogen) atoms. The molecule has 0 saturated heterocycles. The van der Waals surface area contributed by atoms with Crippen molar-refractivity contribution in [2.75, 3.05) is 0 Å². The Balaban J connectivity index is 1.48. The van der Waals surface area contributed by atoms with Crippen molar-refractivity contribution in [2.24, 2.45) is 0 Å². The van der Waals surface area contributed by atoms with Gasteiger partial charge in [-0.15, -0.1) is 0 Å². The van der Waals surface area contributed by atoms with Gasteiger partial charge in [-0.1, -0.05) is 78.4 Å². The molecule has 0 aliphatic rings. The van der Waals surface area contributed by atoms with Crippen LogP contribution in [0.4, 0.5) is 0 Å². The van der Waals surface area contributed by atoms with E-state index in [2.05, 4.69) is 126 Å². The van der Waals surface area contributed by atoms with Gasteiger partial charge in [-0.25, -0.2) is 0 Å². The lowest BCUT2D eigenvalue weighted by molar-refractivity contribution is 1.17. The lowest BCUT2D eigenvalue weighted by Gasteiger charge is -2.09. The van der Waals surface area contributed by atoms with E-state index in [9.17, 15) is 0 Å². The quantitative estimate of drug-likeness (QED) is 0.289. The Labute approximate surface area is 191 Å². The van der Waals surface area contributed by atoms with Gasteiger partial charge >= 0.3 is 0 Å². The monoisotopic (exact) mass is 422 g/mol. The van der Waals surface area contributed by atoms with Crippen molar-refractivity contribution >= 4 is 43.6 Å². The number of para-hydroxylation sites is 2. The first-order valence-electron chi connectivity index (χ1n) is 11.4. The van der Waals surface area contributed by atoms with Gasteiger partial charge in [-0.2, -0.15) is 0 Å². The first-order valence-corrected chi connectivity index (χ1v) is 11.4. The van der Waals surface area contributed by atoms with Crippen LogP contribution < -0.4 is 0 Å². The van der Waals surface area contributed by atoms with E-state index in [1.165, 1.54) is 66.0 Å². The number of nitrogens with one attached hydrogen (secondary N) is 1. The second-order valence-corrected chi connectivity index (χ2v) is 8.85. The molecule has 156 valence electrons. The van der Waals surface area contributed by atoms with Crippen LogP contribution in [0.2, 0.25) is 0 Å². The van der Waals surface area contributed by atoms with E-state index in [1.54, 1.807) is 0 Å². The molecule has 0 spiro atoms. The fourth-order valence-corrected chi connectivity index (χ4v) is 5.16. The van der Waals surface area contributed by atoms with Gasteiger partial charge in [-0.05, 0) is 54.4 Å². The molecular weight excluding hydrogens is 400 g/mol. The number of fused-ring (bicyclic) bond motifs is 6. The topological polar surface area (TPSA) is 20.7 Å². The summed E-state index contributed by atoms with van der Waals surface area (Å²) < 4.78 is 2.38. The summed E-state index contributed by atoms with van der Waals surface area (Å²) in [5.41, 5.74) is 9.72. The molecule has 5 aromatic carbocycles. The van der Waals surface area contributed by atoms with Gasteiger partial charge in [0, 0.05) is 38.3 Å². The van der Waals surface area contributed by atoms with Crippen LogP contribution in [-0.2, 0) is 0 Å². The van der Waals surface area contributed by atoms with Crippen molar-refractivity contribution in [1.82, 2.24) is 9.55 Å². The van der Waals surface area contributed by atoms with E-state index in [-0.39, 0.29) is 0 Å². The maximum atomic E-state index is 3.58. The van der Waals surface area contributed by atoms with Gasteiger partial charge in [0.2, 0.25) is 0 Å². The molecule has 0 unspecified atom stereocenters. The normalized spacial score (nSPS) is 11.8. The molecule has 0 bridgehead atoms. The molecule has 0 aliphatic carbocycles. The van der Waals surface area contributed by atoms with Crippen LogP contribution in [-0.4, -0.2) is 9.55 Å². The Morgan fingerprint density at radius 3 is 2.00 bits per heavy atom. The van der Waals surface area contributed by atoms with Crippen LogP contribution in [0.1, 0.15) is 5.56 Å². The molecule has 0 radical (unpaired) electrons. The summed E-state index contributed by atoms with van der Waals surface area (Å²) in [5.74, 6) is 0. The Bertz CT molecular complexity index is 1810. The Morgan fingerprint density at radius 1 is 0.515 bits per heavy atom. The number of H-pyrrole nitrogens is 1. The summed E-state index contributed by atoms with van der Waals surface area (Å²) in [6.45, 7) is 2.13. The average molecular weight is 423 g/mol. The minimum absolute atomic E-state index is 1.17. The minimum Gasteiger partial charge on any atom is -0.354 e. The smallest absolute Gasteiger partial charge is 0.0547 e.